The number of benzene rings is 1. The third-order valence-corrected chi connectivity index (χ3v) is 4.69. The Hall–Kier alpha value is -2.00. The predicted octanol–water partition coefficient (Wildman–Crippen LogP) is 1.02. The van der Waals surface area contributed by atoms with E-state index < -0.39 is 32.4 Å². The lowest BCUT2D eigenvalue weighted by molar-refractivity contribution is -0.124. The van der Waals surface area contributed by atoms with E-state index in [1.807, 2.05) is 6.07 Å². The molecule has 0 fully saturated rings. The molecule has 0 atom stereocenters. The SMILES string of the molecule is CC(=O)C(C(C)=O)S(=O)(=O)Cc1ccccc1C#N. The number of Topliss-reactive ketones (excluding diaryl/α,β-unsaturated/α-hetero) is 2. The quantitative estimate of drug-likeness (QED) is 0.750. The molecule has 0 amide bonds. The van der Waals surface area contributed by atoms with Crippen LogP contribution in [0.4, 0.5) is 0 Å². The fourth-order valence-electron chi connectivity index (χ4n) is 1.85. The molecule has 0 aromatic heterocycles. The minimum absolute atomic E-state index is 0.219. The van der Waals surface area contributed by atoms with Gasteiger partial charge in [-0.15, -0.1) is 0 Å². The molecule has 5 nitrogen and oxygen atoms in total. The van der Waals surface area contributed by atoms with Gasteiger partial charge in [0.15, 0.2) is 26.7 Å². The fourth-order valence-corrected chi connectivity index (χ4v) is 3.71. The maximum Gasteiger partial charge on any atom is 0.177 e. The molecular weight excluding hydrogens is 266 g/mol. The number of carbonyl (C=O) groups excluding carboxylic acids is 2. The van der Waals surface area contributed by atoms with E-state index in [9.17, 15) is 18.0 Å². The zero-order valence-corrected chi connectivity index (χ0v) is 11.4. The number of rotatable bonds is 5. The van der Waals surface area contributed by atoms with Crippen LogP contribution in [0.15, 0.2) is 24.3 Å². The molecule has 0 saturated heterocycles. The maximum absolute atomic E-state index is 12.1. The van der Waals surface area contributed by atoms with Gasteiger partial charge in [0.1, 0.15) is 0 Å². The van der Waals surface area contributed by atoms with E-state index in [1.165, 1.54) is 12.1 Å². The number of hydrogen-bond donors (Lipinski definition) is 0. The van der Waals surface area contributed by atoms with Gasteiger partial charge in [-0.25, -0.2) is 8.42 Å². The van der Waals surface area contributed by atoms with Crippen molar-refractivity contribution < 1.29 is 18.0 Å². The highest BCUT2D eigenvalue weighted by atomic mass is 32.2. The molecule has 19 heavy (non-hydrogen) atoms. The Balaban J connectivity index is 3.20. The molecule has 0 N–H and O–H groups in total. The average Bonchev–Trinajstić information content (AvgIpc) is 2.27. The van der Waals surface area contributed by atoms with Crippen molar-refractivity contribution in [2.45, 2.75) is 24.9 Å². The van der Waals surface area contributed by atoms with Gasteiger partial charge in [0.25, 0.3) is 0 Å². The minimum Gasteiger partial charge on any atom is -0.298 e. The molecule has 0 heterocycles. The highest BCUT2D eigenvalue weighted by molar-refractivity contribution is 7.92. The van der Waals surface area contributed by atoms with E-state index in [0.29, 0.717) is 0 Å². The smallest absolute Gasteiger partial charge is 0.177 e. The van der Waals surface area contributed by atoms with Crippen LogP contribution in [0.25, 0.3) is 0 Å². The first kappa shape index (κ1) is 15.1. The van der Waals surface area contributed by atoms with Crippen molar-refractivity contribution in [3.8, 4) is 6.07 Å². The summed E-state index contributed by atoms with van der Waals surface area (Å²) in [5.41, 5.74) is 0.509. The first-order chi connectivity index (χ1) is 8.79. The van der Waals surface area contributed by atoms with Crippen LogP contribution < -0.4 is 0 Å². The number of carbonyl (C=O) groups is 2. The van der Waals surface area contributed by atoms with E-state index in [-0.39, 0.29) is 11.1 Å². The number of hydrogen-bond acceptors (Lipinski definition) is 5. The van der Waals surface area contributed by atoms with Gasteiger partial charge in [0.05, 0.1) is 17.4 Å². The second-order valence-electron chi connectivity index (χ2n) is 4.18. The van der Waals surface area contributed by atoms with Crippen molar-refractivity contribution in [1.82, 2.24) is 0 Å². The maximum atomic E-state index is 12.1. The Labute approximate surface area is 111 Å². The Morgan fingerprint density at radius 3 is 2.21 bits per heavy atom. The standard InChI is InChI=1S/C13H13NO4S/c1-9(15)13(10(2)16)19(17,18)8-12-6-4-3-5-11(12)7-14/h3-6,13H,8H2,1-2H3. The molecule has 1 rings (SSSR count). The Morgan fingerprint density at radius 2 is 1.74 bits per heavy atom. The summed E-state index contributed by atoms with van der Waals surface area (Å²) in [5.74, 6) is -1.91. The van der Waals surface area contributed by atoms with Gasteiger partial charge in [-0.1, -0.05) is 18.2 Å². The number of ketones is 2. The molecule has 1 aromatic rings. The van der Waals surface area contributed by atoms with Gasteiger partial charge >= 0.3 is 0 Å². The molecule has 0 saturated carbocycles. The monoisotopic (exact) mass is 279 g/mol. The van der Waals surface area contributed by atoms with E-state index in [4.69, 9.17) is 5.26 Å². The molecule has 1 aromatic carbocycles. The summed E-state index contributed by atoms with van der Waals surface area (Å²) in [6.45, 7) is 2.14. The molecule has 0 unspecified atom stereocenters. The minimum atomic E-state index is -3.96. The first-order valence-electron chi connectivity index (χ1n) is 5.50. The lowest BCUT2D eigenvalue weighted by atomic mass is 10.1. The van der Waals surface area contributed by atoms with Crippen LogP contribution in [0.5, 0.6) is 0 Å². The van der Waals surface area contributed by atoms with Gasteiger partial charge < -0.3 is 0 Å². The Morgan fingerprint density at radius 1 is 1.21 bits per heavy atom. The van der Waals surface area contributed by atoms with Gasteiger partial charge in [0.2, 0.25) is 0 Å². The lowest BCUT2D eigenvalue weighted by Crippen LogP contribution is -2.36. The zero-order valence-electron chi connectivity index (χ0n) is 10.6. The summed E-state index contributed by atoms with van der Waals surface area (Å²) >= 11 is 0. The first-order valence-corrected chi connectivity index (χ1v) is 7.21. The Kier molecular flexibility index (Phi) is 4.57. The van der Waals surface area contributed by atoms with Crippen LogP contribution in [-0.4, -0.2) is 25.2 Å². The summed E-state index contributed by atoms with van der Waals surface area (Å²) in [4.78, 5) is 22.6. The second kappa shape index (κ2) is 5.76. The van der Waals surface area contributed by atoms with Crippen LogP contribution in [0.2, 0.25) is 0 Å². The van der Waals surface area contributed by atoms with Crippen molar-refractivity contribution >= 4 is 21.4 Å². The van der Waals surface area contributed by atoms with E-state index in [1.54, 1.807) is 12.1 Å². The van der Waals surface area contributed by atoms with Crippen LogP contribution in [-0.2, 0) is 25.2 Å². The van der Waals surface area contributed by atoms with Crippen LogP contribution in [0.3, 0.4) is 0 Å². The topological polar surface area (TPSA) is 92.1 Å². The molecule has 0 aliphatic carbocycles. The van der Waals surface area contributed by atoms with E-state index >= 15 is 0 Å². The van der Waals surface area contributed by atoms with Crippen LogP contribution >= 0.6 is 0 Å². The fraction of sp³-hybridized carbons (Fsp3) is 0.308. The third kappa shape index (κ3) is 3.48. The van der Waals surface area contributed by atoms with Crippen LogP contribution in [0, 0.1) is 11.3 Å². The number of sulfone groups is 1. The van der Waals surface area contributed by atoms with E-state index in [2.05, 4.69) is 0 Å². The highest BCUT2D eigenvalue weighted by Crippen LogP contribution is 2.16. The van der Waals surface area contributed by atoms with Crippen LogP contribution in [0.1, 0.15) is 25.0 Å². The third-order valence-electron chi connectivity index (χ3n) is 2.59. The molecule has 0 aliphatic rings. The summed E-state index contributed by atoms with van der Waals surface area (Å²) < 4.78 is 24.2. The summed E-state index contributed by atoms with van der Waals surface area (Å²) in [7, 11) is -3.96. The Bertz CT molecular complexity index is 641. The normalized spacial score (nSPS) is 11.1. The number of nitrogens with zero attached hydrogens (tertiary/aromatic N) is 1. The molecule has 0 aliphatic heterocycles. The number of nitriles is 1. The summed E-state index contributed by atoms with van der Waals surface area (Å²) in [6, 6.07) is 8.07. The van der Waals surface area contributed by atoms with Crippen molar-refractivity contribution in [2.75, 3.05) is 0 Å². The highest BCUT2D eigenvalue weighted by Gasteiger charge is 2.34. The summed E-state index contributed by atoms with van der Waals surface area (Å²) in [5, 5.41) is 7.24. The molecule has 0 radical (unpaired) electrons. The summed E-state index contributed by atoms with van der Waals surface area (Å²) in [6.07, 6.45) is 0. The zero-order chi connectivity index (χ0) is 14.6. The van der Waals surface area contributed by atoms with Gasteiger partial charge in [0, 0.05) is 0 Å². The van der Waals surface area contributed by atoms with E-state index in [0.717, 1.165) is 13.8 Å². The van der Waals surface area contributed by atoms with Crippen molar-refractivity contribution in [3.63, 3.8) is 0 Å². The van der Waals surface area contributed by atoms with Crippen molar-refractivity contribution in [3.05, 3.63) is 35.4 Å². The van der Waals surface area contributed by atoms with Crippen molar-refractivity contribution in [1.29, 1.82) is 5.26 Å². The predicted molar refractivity (Wildman–Crippen MR) is 68.9 cm³/mol. The second-order valence-corrected chi connectivity index (χ2v) is 6.26. The average molecular weight is 279 g/mol. The molecule has 100 valence electrons. The molecule has 6 heteroatoms. The van der Waals surface area contributed by atoms with Gasteiger partial charge in [-0.05, 0) is 25.5 Å². The van der Waals surface area contributed by atoms with Gasteiger partial charge in [-0.3, -0.25) is 9.59 Å². The molecule has 0 spiro atoms. The largest absolute Gasteiger partial charge is 0.298 e. The van der Waals surface area contributed by atoms with Crippen molar-refractivity contribution in [2.24, 2.45) is 0 Å². The molecule has 0 bridgehead atoms. The molecular formula is C13H13NO4S. The van der Waals surface area contributed by atoms with Gasteiger partial charge in [-0.2, -0.15) is 5.26 Å². The lowest BCUT2D eigenvalue weighted by Gasteiger charge is -2.12.